The average molecular weight is 312 g/mol. The van der Waals surface area contributed by atoms with E-state index in [9.17, 15) is 0 Å². The van der Waals surface area contributed by atoms with Crippen LogP contribution >= 0.6 is 0 Å². The summed E-state index contributed by atoms with van der Waals surface area (Å²) in [6.07, 6.45) is 4.43. The quantitative estimate of drug-likeness (QED) is 0.942. The molecule has 122 valence electrons. The van der Waals surface area contributed by atoms with Gasteiger partial charge in [-0.15, -0.1) is 0 Å². The SMILES string of the molecule is c1ccc(Nc2ncc3n2CCN(CC2CCOCC2)C3)cc1. The lowest BCUT2D eigenvalue weighted by Crippen LogP contribution is -2.38. The minimum atomic E-state index is 0.792. The second kappa shape index (κ2) is 6.72. The largest absolute Gasteiger partial charge is 0.381 e. The summed E-state index contributed by atoms with van der Waals surface area (Å²) < 4.78 is 7.78. The summed E-state index contributed by atoms with van der Waals surface area (Å²) in [6.45, 7) is 6.16. The molecular weight excluding hydrogens is 288 g/mol. The van der Waals surface area contributed by atoms with Crippen molar-refractivity contribution in [1.82, 2.24) is 14.5 Å². The summed E-state index contributed by atoms with van der Waals surface area (Å²) in [5, 5.41) is 3.43. The van der Waals surface area contributed by atoms with Gasteiger partial charge < -0.3 is 14.6 Å². The molecule has 3 heterocycles. The number of para-hydroxylation sites is 1. The molecule has 5 nitrogen and oxygen atoms in total. The van der Waals surface area contributed by atoms with Crippen molar-refractivity contribution in [1.29, 1.82) is 0 Å². The van der Waals surface area contributed by atoms with Gasteiger partial charge in [0, 0.05) is 45.1 Å². The van der Waals surface area contributed by atoms with E-state index in [1.165, 1.54) is 25.1 Å². The molecule has 0 unspecified atom stereocenters. The lowest BCUT2D eigenvalue weighted by Gasteiger charge is -2.33. The van der Waals surface area contributed by atoms with Gasteiger partial charge in [-0.3, -0.25) is 4.90 Å². The Labute approximate surface area is 137 Å². The van der Waals surface area contributed by atoms with Gasteiger partial charge in [-0.1, -0.05) is 18.2 Å². The Morgan fingerprint density at radius 3 is 2.78 bits per heavy atom. The summed E-state index contributed by atoms with van der Waals surface area (Å²) >= 11 is 0. The zero-order valence-electron chi connectivity index (χ0n) is 13.4. The van der Waals surface area contributed by atoms with Crippen LogP contribution in [0, 0.1) is 5.92 Å². The van der Waals surface area contributed by atoms with Gasteiger partial charge in [-0.05, 0) is 30.9 Å². The van der Waals surface area contributed by atoms with E-state index in [4.69, 9.17) is 4.74 Å². The molecule has 0 saturated carbocycles. The predicted molar refractivity (Wildman–Crippen MR) is 90.8 cm³/mol. The fourth-order valence-corrected chi connectivity index (χ4v) is 3.54. The lowest BCUT2D eigenvalue weighted by molar-refractivity contribution is 0.0486. The molecule has 0 radical (unpaired) electrons. The molecule has 1 aromatic carbocycles. The van der Waals surface area contributed by atoms with Crippen LogP contribution < -0.4 is 5.32 Å². The molecule has 0 atom stereocenters. The second-order valence-electron chi connectivity index (χ2n) is 6.51. The van der Waals surface area contributed by atoms with Crippen molar-refractivity contribution >= 4 is 11.6 Å². The highest BCUT2D eigenvalue weighted by Crippen LogP contribution is 2.23. The minimum absolute atomic E-state index is 0.792. The van der Waals surface area contributed by atoms with Crippen LogP contribution in [-0.4, -0.2) is 40.8 Å². The number of benzene rings is 1. The molecule has 23 heavy (non-hydrogen) atoms. The molecule has 1 saturated heterocycles. The van der Waals surface area contributed by atoms with Gasteiger partial charge in [0.1, 0.15) is 0 Å². The molecule has 0 bridgehead atoms. The first-order valence-corrected chi connectivity index (χ1v) is 8.55. The van der Waals surface area contributed by atoms with Crippen molar-refractivity contribution in [2.45, 2.75) is 25.9 Å². The van der Waals surface area contributed by atoms with Crippen LogP contribution in [0.5, 0.6) is 0 Å². The molecule has 2 aliphatic heterocycles. The standard InChI is InChI=1S/C18H24N4O/c1-2-4-16(5-3-1)20-18-19-12-17-14-21(8-9-22(17)18)13-15-6-10-23-11-7-15/h1-5,12,15H,6-11,13-14H2,(H,19,20). The molecule has 5 heteroatoms. The molecular formula is C18H24N4O. The van der Waals surface area contributed by atoms with Crippen LogP contribution in [0.3, 0.4) is 0 Å². The highest BCUT2D eigenvalue weighted by atomic mass is 16.5. The van der Waals surface area contributed by atoms with Crippen LogP contribution in [0.2, 0.25) is 0 Å². The molecule has 1 fully saturated rings. The number of fused-ring (bicyclic) bond motifs is 1. The highest BCUT2D eigenvalue weighted by Gasteiger charge is 2.23. The Morgan fingerprint density at radius 2 is 1.96 bits per heavy atom. The number of ether oxygens (including phenoxy) is 1. The number of hydrogen-bond donors (Lipinski definition) is 1. The second-order valence-corrected chi connectivity index (χ2v) is 6.51. The Bertz CT molecular complexity index is 634. The number of imidazole rings is 1. The van der Waals surface area contributed by atoms with Crippen LogP contribution in [0.4, 0.5) is 11.6 Å². The topological polar surface area (TPSA) is 42.3 Å². The van der Waals surface area contributed by atoms with Gasteiger partial charge in [0.25, 0.3) is 0 Å². The minimum Gasteiger partial charge on any atom is -0.381 e. The maximum Gasteiger partial charge on any atom is 0.207 e. The number of hydrogen-bond acceptors (Lipinski definition) is 4. The van der Waals surface area contributed by atoms with Crippen molar-refractivity contribution in [3.05, 3.63) is 42.2 Å². The van der Waals surface area contributed by atoms with Gasteiger partial charge in [0.05, 0.1) is 11.9 Å². The fraction of sp³-hybridized carbons (Fsp3) is 0.500. The lowest BCUT2D eigenvalue weighted by atomic mass is 9.99. The van der Waals surface area contributed by atoms with E-state index in [1.807, 2.05) is 24.4 Å². The van der Waals surface area contributed by atoms with Crippen LogP contribution in [-0.2, 0) is 17.8 Å². The van der Waals surface area contributed by atoms with Crippen LogP contribution in [0.15, 0.2) is 36.5 Å². The maximum atomic E-state index is 5.46. The summed E-state index contributed by atoms with van der Waals surface area (Å²) in [7, 11) is 0. The number of rotatable bonds is 4. The van der Waals surface area contributed by atoms with E-state index >= 15 is 0 Å². The molecule has 1 N–H and O–H groups in total. The molecule has 1 aromatic heterocycles. The van der Waals surface area contributed by atoms with Gasteiger partial charge in [0.15, 0.2) is 0 Å². The van der Waals surface area contributed by atoms with Crippen molar-refractivity contribution < 1.29 is 4.74 Å². The molecule has 2 aromatic rings. The van der Waals surface area contributed by atoms with Crippen LogP contribution in [0.1, 0.15) is 18.5 Å². The Kier molecular flexibility index (Phi) is 4.30. The van der Waals surface area contributed by atoms with Crippen molar-refractivity contribution in [2.75, 3.05) is 31.6 Å². The van der Waals surface area contributed by atoms with Gasteiger partial charge in [-0.2, -0.15) is 0 Å². The zero-order chi connectivity index (χ0) is 15.5. The molecule has 4 rings (SSSR count). The summed E-state index contributed by atoms with van der Waals surface area (Å²) in [6, 6.07) is 10.3. The third kappa shape index (κ3) is 3.41. The number of aromatic nitrogens is 2. The third-order valence-electron chi connectivity index (χ3n) is 4.85. The number of nitrogens with one attached hydrogen (secondary N) is 1. The van der Waals surface area contributed by atoms with Gasteiger partial charge in [-0.25, -0.2) is 4.98 Å². The maximum absolute atomic E-state index is 5.46. The monoisotopic (exact) mass is 312 g/mol. The molecule has 0 amide bonds. The van der Waals surface area contributed by atoms with Crippen molar-refractivity contribution in [3.8, 4) is 0 Å². The number of nitrogens with zero attached hydrogens (tertiary/aromatic N) is 3. The predicted octanol–water partition coefficient (Wildman–Crippen LogP) is 2.87. The van der Waals surface area contributed by atoms with E-state index in [-0.39, 0.29) is 0 Å². The first-order valence-electron chi connectivity index (χ1n) is 8.55. The van der Waals surface area contributed by atoms with E-state index in [2.05, 4.69) is 31.9 Å². The first kappa shape index (κ1) is 14.7. The van der Waals surface area contributed by atoms with E-state index in [0.29, 0.717) is 0 Å². The van der Waals surface area contributed by atoms with Crippen molar-refractivity contribution in [3.63, 3.8) is 0 Å². The highest BCUT2D eigenvalue weighted by molar-refractivity contribution is 5.53. The summed E-state index contributed by atoms with van der Waals surface area (Å²) in [4.78, 5) is 7.15. The normalized spacial score (nSPS) is 19.5. The van der Waals surface area contributed by atoms with E-state index in [1.54, 1.807) is 0 Å². The van der Waals surface area contributed by atoms with Gasteiger partial charge in [0.2, 0.25) is 5.95 Å². The fourth-order valence-electron chi connectivity index (χ4n) is 3.54. The van der Waals surface area contributed by atoms with Crippen LogP contribution in [0.25, 0.3) is 0 Å². The Morgan fingerprint density at radius 1 is 1.13 bits per heavy atom. The van der Waals surface area contributed by atoms with E-state index in [0.717, 1.165) is 50.4 Å². The molecule has 0 aliphatic carbocycles. The third-order valence-corrected chi connectivity index (χ3v) is 4.85. The Hall–Kier alpha value is -1.85. The Balaban J connectivity index is 1.40. The molecule has 0 spiro atoms. The molecule has 2 aliphatic rings. The summed E-state index contributed by atoms with van der Waals surface area (Å²) in [5.74, 6) is 1.75. The first-order chi connectivity index (χ1) is 11.4. The van der Waals surface area contributed by atoms with E-state index < -0.39 is 0 Å². The zero-order valence-corrected chi connectivity index (χ0v) is 13.4. The van der Waals surface area contributed by atoms with Crippen molar-refractivity contribution in [2.24, 2.45) is 5.92 Å². The smallest absolute Gasteiger partial charge is 0.207 e. The van der Waals surface area contributed by atoms with Gasteiger partial charge >= 0.3 is 0 Å². The average Bonchev–Trinajstić information content (AvgIpc) is 2.99. The summed E-state index contributed by atoms with van der Waals surface area (Å²) in [5.41, 5.74) is 2.40. The number of anilines is 2.